The van der Waals surface area contributed by atoms with Gasteiger partial charge in [0.05, 0.1) is 25.3 Å². The van der Waals surface area contributed by atoms with Gasteiger partial charge < -0.3 is 24.2 Å². The molecule has 39 heavy (non-hydrogen) atoms. The van der Waals surface area contributed by atoms with Crippen molar-refractivity contribution < 1.29 is 28.9 Å². The van der Waals surface area contributed by atoms with Crippen molar-refractivity contribution in [1.82, 2.24) is 4.90 Å². The monoisotopic (exact) mass is 551 g/mol. The maximum absolute atomic E-state index is 13.3. The van der Waals surface area contributed by atoms with E-state index in [1.807, 2.05) is 39.0 Å². The highest BCUT2D eigenvalue weighted by Gasteiger charge is 2.33. The van der Waals surface area contributed by atoms with Gasteiger partial charge in [0.2, 0.25) is 0 Å². The van der Waals surface area contributed by atoms with Gasteiger partial charge in [-0.25, -0.2) is 4.79 Å². The fourth-order valence-corrected chi connectivity index (χ4v) is 4.84. The summed E-state index contributed by atoms with van der Waals surface area (Å²) in [5.41, 5.74) is 2.65. The van der Waals surface area contributed by atoms with E-state index in [2.05, 4.69) is 0 Å². The lowest BCUT2D eigenvalue weighted by molar-refractivity contribution is 0.00195. The molecule has 0 heterocycles. The lowest BCUT2D eigenvalue weighted by Gasteiger charge is -2.37. The summed E-state index contributed by atoms with van der Waals surface area (Å²) in [4.78, 5) is 26.4. The molecule has 0 bridgehead atoms. The van der Waals surface area contributed by atoms with E-state index in [0.717, 1.165) is 24.7 Å². The minimum atomic E-state index is -0.895. The Hall–Kier alpha value is -3.55. The van der Waals surface area contributed by atoms with Gasteiger partial charge in [0, 0.05) is 11.1 Å². The third kappa shape index (κ3) is 7.31. The zero-order chi connectivity index (χ0) is 28.2. The van der Waals surface area contributed by atoms with Crippen LogP contribution in [0.15, 0.2) is 60.7 Å². The number of nitrogens with zero attached hydrogens (tertiary/aromatic N) is 1. The van der Waals surface area contributed by atoms with Gasteiger partial charge in [-0.2, -0.15) is 0 Å². The highest BCUT2D eigenvalue weighted by atomic mass is 35.5. The molecule has 0 radical (unpaired) electrons. The molecular formula is C31H34ClNO6. The molecule has 0 aromatic heterocycles. The van der Waals surface area contributed by atoms with Crippen molar-refractivity contribution in [2.75, 3.05) is 13.7 Å². The second-order valence-corrected chi connectivity index (χ2v) is 11.1. The zero-order valence-electron chi connectivity index (χ0n) is 22.6. The van der Waals surface area contributed by atoms with Gasteiger partial charge >= 0.3 is 6.09 Å². The number of carbonyl (C=O) groups is 2. The van der Waals surface area contributed by atoms with Gasteiger partial charge in [-0.1, -0.05) is 29.8 Å². The van der Waals surface area contributed by atoms with Gasteiger partial charge in [0.25, 0.3) is 0 Å². The quantitative estimate of drug-likeness (QED) is 0.310. The van der Waals surface area contributed by atoms with Crippen LogP contribution in [0.25, 0.3) is 0 Å². The molecule has 0 aliphatic heterocycles. The summed E-state index contributed by atoms with van der Waals surface area (Å²) >= 11 is 6.01. The molecule has 0 fully saturated rings. The van der Waals surface area contributed by atoms with Crippen molar-refractivity contribution >= 4 is 24.0 Å². The standard InChI is InChI=1S/C31H34ClNO6/c1-31(2,3)39-30(36)33(18-28(35)21-5-9-24(32)10-6-21)25-11-7-20-8-12-26(16-22(20)15-25)38-27-13-14-29(37-4)23(17-27)19-34/h5-6,8-10,12-14,16-17,19,25,28,35H,7,11,15,18H2,1-4H3/t25-,28-/m0/s1. The average molecular weight is 552 g/mol. The third-order valence-electron chi connectivity index (χ3n) is 6.64. The second kappa shape index (κ2) is 12.1. The van der Waals surface area contributed by atoms with E-state index >= 15 is 0 Å². The molecule has 1 aliphatic carbocycles. The number of methoxy groups -OCH3 is 1. The molecule has 1 aliphatic rings. The number of rotatable bonds is 8. The van der Waals surface area contributed by atoms with Crippen LogP contribution >= 0.6 is 11.6 Å². The molecule has 1 N–H and O–H groups in total. The Labute approximate surface area is 234 Å². The van der Waals surface area contributed by atoms with E-state index < -0.39 is 17.8 Å². The number of halogens is 1. The number of aryl methyl sites for hydroxylation is 1. The fourth-order valence-electron chi connectivity index (χ4n) is 4.72. The maximum atomic E-state index is 13.3. The Morgan fingerprint density at radius 3 is 2.44 bits per heavy atom. The first-order valence-corrected chi connectivity index (χ1v) is 13.3. The maximum Gasteiger partial charge on any atom is 0.410 e. The average Bonchev–Trinajstić information content (AvgIpc) is 2.90. The number of hydrogen-bond acceptors (Lipinski definition) is 6. The number of aliphatic hydroxyl groups is 1. The Balaban J connectivity index is 1.55. The minimum Gasteiger partial charge on any atom is -0.496 e. The smallest absolute Gasteiger partial charge is 0.410 e. The molecule has 0 saturated heterocycles. The first kappa shape index (κ1) is 28.5. The molecule has 0 unspecified atom stereocenters. The van der Waals surface area contributed by atoms with Crippen LogP contribution in [-0.4, -0.2) is 47.7 Å². The molecule has 2 atom stereocenters. The van der Waals surface area contributed by atoms with E-state index in [-0.39, 0.29) is 12.6 Å². The SMILES string of the molecule is COc1ccc(Oc2ccc3c(c2)C[C@@H](N(C[C@H](O)c2ccc(Cl)cc2)C(=O)OC(C)(C)C)CC3)cc1C=O. The second-order valence-electron chi connectivity index (χ2n) is 10.7. The van der Waals surface area contributed by atoms with Gasteiger partial charge in [0.1, 0.15) is 22.8 Å². The molecule has 0 saturated carbocycles. The van der Waals surface area contributed by atoms with Crippen LogP contribution in [0.2, 0.25) is 5.02 Å². The molecule has 7 nitrogen and oxygen atoms in total. The van der Waals surface area contributed by atoms with Crippen molar-refractivity contribution in [3.63, 3.8) is 0 Å². The number of amides is 1. The summed E-state index contributed by atoms with van der Waals surface area (Å²) in [6.45, 7) is 5.57. The highest BCUT2D eigenvalue weighted by Crippen LogP contribution is 2.33. The minimum absolute atomic E-state index is 0.0903. The third-order valence-corrected chi connectivity index (χ3v) is 6.89. The molecule has 0 spiro atoms. The molecule has 3 aromatic carbocycles. The van der Waals surface area contributed by atoms with E-state index in [4.69, 9.17) is 25.8 Å². The lowest BCUT2D eigenvalue weighted by atomic mass is 9.87. The molecule has 206 valence electrons. The van der Waals surface area contributed by atoms with E-state index in [9.17, 15) is 14.7 Å². The summed E-state index contributed by atoms with van der Waals surface area (Å²) in [6, 6.07) is 17.8. The first-order valence-electron chi connectivity index (χ1n) is 12.9. The largest absolute Gasteiger partial charge is 0.496 e. The summed E-state index contributed by atoms with van der Waals surface area (Å²) in [6.07, 6.45) is 1.47. The predicted octanol–water partition coefficient (Wildman–Crippen LogP) is 6.78. The van der Waals surface area contributed by atoms with E-state index in [1.54, 1.807) is 47.4 Å². The summed E-state index contributed by atoms with van der Waals surface area (Å²) in [7, 11) is 1.51. The number of aldehydes is 1. The van der Waals surface area contributed by atoms with Gasteiger partial charge in [-0.3, -0.25) is 4.79 Å². The number of hydrogen-bond donors (Lipinski definition) is 1. The van der Waals surface area contributed by atoms with Crippen LogP contribution in [0.3, 0.4) is 0 Å². The highest BCUT2D eigenvalue weighted by molar-refractivity contribution is 6.30. The Morgan fingerprint density at radius 1 is 1.08 bits per heavy atom. The van der Waals surface area contributed by atoms with Gasteiger partial charge in [-0.15, -0.1) is 0 Å². The normalized spacial score (nSPS) is 15.6. The van der Waals surface area contributed by atoms with Crippen LogP contribution in [0, 0.1) is 0 Å². The Bertz CT molecular complexity index is 1320. The molecule has 1 amide bonds. The molecule has 8 heteroatoms. The van der Waals surface area contributed by atoms with Gasteiger partial charge in [0.15, 0.2) is 6.29 Å². The number of ether oxygens (including phenoxy) is 3. The number of fused-ring (bicyclic) bond motifs is 1. The summed E-state index contributed by atoms with van der Waals surface area (Å²) in [5, 5.41) is 11.6. The molecule has 3 aromatic rings. The number of aliphatic hydroxyl groups excluding tert-OH is 1. The lowest BCUT2D eigenvalue weighted by Crippen LogP contribution is -2.47. The van der Waals surface area contributed by atoms with Crippen molar-refractivity contribution in [2.24, 2.45) is 0 Å². The Kier molecular flexibility index (Phi) is 8.83. The van der Waals surface area contributed by atoms with Crippen molar-refractivity contribution in [2.45, 2.75) is 57.8 Å². The number of benzene rings is 3. The van der Waals surface area contributed by atoms with E-state index in [0.29, 0.717) is 39.8 Å². The van der Waals surface area contributed by atoms with Crippen molar-refractivity contribution in [3.05, 3.63) is 87.9 Å². The first-order chi connectivity index (χ1) is 18.6. The molecular weight excluding hydrogens is 518 g/mol. The predicted molar refractivity (Wildman–Crippen MR) is 150 cm³/mol. The molecule has 4 rings (SSSR count). The van der Waals surface area contributed by atoms with E-state index in [1.165, 1.54) is 12.7 Å². The van der Waals surface area contributed by atoms with Crippen LogP contribution < -0.4 is 9.47 Å². The van der Waals surface area contributed by atoms with Crippen LogP contribution in [0.4, 0.5) is 4.79 Å². The van der Waals surface area contributed by atoms with Crippen molar-refractivity contribution in [1.29, 1.82) is 0 Å². The number of carbonyl (C=O) groups excluding carboxylic acids is 2. The topological polar surface area (TPSA) is 85.3 Å². The summed E-state index contributed by atoms with van der Waals surface area (Å²) < 4.78 is 17.0. The fraction of sp³-hybridized carbons (Fsp3) is 0.355. The van der Waals surface area contributed by atoms with Crippen LogP contribution in [0.5, 0.6) is 17.2 Å². The Morgan fingerprint density at radius 2 is 1.77 bits per heavy atom. The zero-order valence-corrected chi connectivity index (χ0v) is 23.4. The van der Waals surface area contributed by atoms with Crippen LogP contribution in [0.1, 0.15) is 60.3 Å². The summed E-state index contributed by atoms with van der Waals surface area (Å²) in [5.74, 6) is 1.63. The van der Waals surface area contributed by atoms with Gasteiger partial charge in [-0.05, 0) is 99.2 Å². The van der Waals surface area contributed by atoms with Crippen LogP contribution in [-0.2, 0) is 17.6 Å². The van der Waals surface area contributed by atoms with Crippen molar-refractivity contribution in [3.8, 4) is 17.2 Å².